The molecule has 1 N–H and O–H groups in total. The molecular formula is C11H15BrN2OS. The van der Waals surface area contributed by atoms with Crippen LogP contribution in [0.25, 0.3) is 0 Å². The van der Waals surface area contributed by atoms with E-state index < -0.39 is 0 Å². The number of hydrogen-bond donors (Lipinski definition) is 1. The minimum atomic E-state index is -0.0136. The van der Waals surface area contributed by atoms with Crippen molar-refractivity contribution in [3.05, 3.63) is 20.8 Å². The quantitative estimate of drug-likeness (QED) is 0.487. The van der Waals surface area contributed by atoms with Crippen LogP contribution in [-0.4, -0.2) is 12.1 Å². The average molecular weight is 303 g/mol. The summed E-state index contributed by atoms with van der Waals surface area (Å²) in [6.45, 7) is 2.12. The van der Waals surface area contributed by atoms with E-state index in [1.807, 2.05) is 12.1 Å². The predicted octanol–water partition coefficient (Wildman–Crippen LogP) is 3.54. The van der Waals surface area contributed by atoms with Crippen LogP contribution in [-0.2, 0) is 4.79 Å². The molecule has 0 aliphatic rings. The van der Waals surface area contributed by atoms with Gasteiger partial charge in [0.2, 0.25) is 5.91 Å². The Hall–Kier alpha value is -0.680. The number of nitrogens with zero attached hydrogens (tertiary/aromatic N) is 1. The van der Waals surface area contributed by atoms with Gasteiger partial charge >= 0.3 is 0 Å². The summed E-state index contributed by atoms with van der Waals surface area (Å²) >= 11 is 4.94. The number of hydrogen-bond acceptors (Lipinski definition) is 3. The van der Waals surface area contributed by atoms with Gasteiger partial charge in [-0.05, 0) is 34.5 Å². The van der Waals surface area contributed by atoms with Crippen LogP contribution in [0.15, 0.2) is 21.0 Å². The Bertz CT molecular complexity index is 363. The highest BCUT2D eigenvalue weighted by Gasteiger charge is 1.98. The molecule has 5 heteroatoms. The van der Waals surface area contributed by atoms with Gasteiger partial charge in [-0.15, -0.1) is 11.3 Å². The van der Waals surface area contributed by atoms with Gasteiger partial charge in [0.15, 0.2) is 0 Å². The van der Waals surface area contributed by atoms with Crippen molar-refractivity contribution in [3.8, 4) is 0 Å². The van der Waals surface area contributed by atoms with E-state index in [9.17, 15) is 4.79 Å². The van der Waals surface area contributed by atoms with E-state index >= 15 is 0 Å². The Balaban J connectivity index is 2.23. The molecule has 1 aromatic rings. The zero-order valence-electron chi connectivity index (χ0n) is 9.20. The third-order valence-corrected chi connectivity index (χ3v) is 3.54. The van der Waals surface area contributed by atoms with Crippen molar-refractivity contribution in [1.29, 1.82) is 0 Å². The van der Waals surface area contributed by atoms with Crippen molar-refractivity contribution in [2.45, 2.75) is 32.6 Å². The van der Waals surface area contributed by atoms with Crippen LogP contribution in [0, 0.1) is 0 Å². The van der Waals surface area contributed by atoms with Crippen LogP contribution in [0.5, 0.6) is 0 Å². The van der Waals surface area contributed by atoms with E-state index in [0.29, 0.717) is 6.42 Å². The Morgan fingerprint density at radius 1 is 1.56 bits per heavy atom. The fourth-order valence-corrected chi connectivity index (χ4v) is 2.45. The van der Waals surface area contributed by atoms with Gasteiger partial charge in [-0.1, -0.05) is 19.8 Å². The summed E-state index contributed by atoms with van der Waals surface area (Å²) in [7, 11) is 0. The third kappa shape index (κ3) is 5.42. The maximum atomic E-state index is 11.3. The number of carbonyl (C=O) groups is 1. The highest BCUT2D eigenvalue weighted by Crippen LogP contribution is 2.20. The maximum absolute atomic E-state index is 11.3. The fourth-order valence-electron chi connectivity index (χ4n) is 1.16. The fraction of sp³-hybridized carbons (Fsp3) is 0.455. The number of unbranched alkanes of at least 4 members (excludes halogenated alkanes) is 2. The Labute approximate surface area is 108 Å². The lowest BCUT2D eigenvalue weighted by atomic mass is 10.2. The first-order valence-corrected chi connectivity index (χ1v) is 6.90. The summed E-state index contributed by atoms with van der Waals surface area (Å²) in [6.07, 6.45) is 5.36. The second-order valence-electron chi connectivity index (χ2n) is 3.39. The van der Waals surface area contributed by atoms with Gasteiger partial charge in [-0.3, -0.25) is 4.79 Å². The molecule has 0 spiro atoms. The van der Waals surface area contributed by atoms with Crippen molar-refractivity contribution in [1.82, 2.24) is 5.43 Å². The molecule has 16 heavy (non-hydrogen) atoms. The van der Waals surface area contributed by atoms with Gasteiger partial charge in [0.25, 0.3) is 0 Å². The van der Waals surface area contributed by atoms with Gasteiger partial charge in [0.05, 0.1) is 10.0 Å². The molecule has 0 radical (unpaired) electrons. The van der Waals surface area contributed by atoms with E-state index in [4.69, 9.17) is 0 Å². The van der Waals surface area contributed by atoms with Crippen LogP contribution < -0.4 is 5.43 Å². The number of amides is 1. The van der Waals surface area contributed by atoms with Gasteiger partial charge in [0, 0.05) is 11.3 Å². The first kappa shape index (κ1) is 13.4. The van der Waals surface area contributed by atoms with Gasteiger partial charge in [0.1, 0.15) is 0 Å². The summed E-state index contributed by atoms with van der Waals surface area (Å²) in [5.41, 5.74) is 2.52. The molecule has 0 aliphatic carbocycles. The van der Waals surface area contributed by atoms with Crippen LogP contribution in [0.3, 0.4) is 0 Å². The number of hydrazone groups is 1. The second-order valence-corrected chi connectivity index (χ2v) is 5.89. The van der Waals surface area contributed by atoms with Gasteiger partial charge in [-0.25, -0.2) is 5.43 Å². The number of carbonyl (C=O) groups excluding carboxylic acids is 1. The van der Waals surface area contributed by atoms with Crippen LogP contribution in [0.2, 0.25) is 0 Å². The van der Waals surface area contributed by atoms with E-state index in [2.05, 4.69) is 33.4 Å². The van der Waals surface area contributed by atoms with Crippen molar-refractivity contribution in [3.63, 3.8) is 0 Å². The molecular weight excluding hydrogens is 288 g/mol. The number of rotatable bonds is 6. The molecule has 88 valence electrons. The normalized spacial score (nSPS) is 10.9. The number of halogens is 1. The van der Waals surface area contributed by atoms with Crippen molar-refractivity contribution in [2.75, 3.05) is 0 Å². The molecule has 0 atom stereocenters. The van der Waals surface area contributed by atoms with Crippen molar-refractivity contribution < 1.29 is 4.79 Å². The molecule has 0 saturated carbocycles. The minimum Gasteiger partial charge on any atom is -0.273 e. The molecule has 0 fully saturated rings. The van der Waals surface area contributed by atoms with E-state index in [1.54, 1.807) is 17.6 Å². The minimum absolute atomic E-state index is 0.0136. The number of nitrogens with one attached hydrogen (secondary N) is 1. The summed E-state index contributed by atoms with van der Waals surface area (Å²) in [4.78, 5) is 12.3. The molecule has 1 amide bonds. The van der Waals surface area contributed by atoms with Gasteiger partial charge < -0.3 is 0 Å². The summed E-state index contributed by atoms with van der Waals surface area (Å²) < 4.78 is 1.06. The van der Waals surface area contributed by atoms with E-state index in [0.717, 1.165) is 27.9 Å². The highest BCUT2D eigenvalue weighted by molar-refractivity contribution is 9.11. The van der Waals surface area contributed by atoms with Gasteiger partial charge in [-0.2, -0.15) is 5.10 Å². The van der Waals surface area contributed by atoms with Crippen LogP contribution in [0.1, 0.15) is 37.5 Å². The second kappa shape index (κ2) is 7.57. The predicted molar refractivity (Wildman–Crippen MR) is 71.9 cm³/mol. The molecule has 0 aromatic carbocycles. The monoisotopic (exact) mass is 302 g/mol. The molecule has 1 aromatic heterocycles. The molecule has 0 saturated heterocycles. The SMILES string of the molecule is CCCCCC(=O)N/N=C/c1ccc(Br)s1. The molecule has 0 aliphatic heterocycles. The lowest BCUT2D eigenvalue weighted by Crippen LogP contribution is -2.16. The Morgan fingerprint density at radius 2 is 2.38 bits per heavy atom. The first-order chi connectivity index (χ1) is 7.72. The van der Waals surface area contributed by atoms with E-state index in [1.165, 1.54) is 0 Å². The molecule has 0 unspecified atom stereocenters. The summed E-state index contributed by atoms with van der Waals surface area (Å²) in [5, 5.41) is 3.90. The largest absolute Gasteiger partial charge is 0.273 e. The lowest BCUT2D eigenvalue weighted by Gasteiger charge is -1.97. The Morgan fingerprint density at radius 3 is 3.00 bits per heavy atom. The smallest absolute Gasteiger partial charge is 0.240 e. The third-order valence-electron chi connectivity index (χ3n) is 1.98. The molecule has 1 heterocycles. The maximum Gasteiger partial charge on any atom is 0.240 e. The zero-order chi connectivity index (χ0) is 11.8. The Kier molecular flexibility index (Phi) is 6.33. The van der Waals surface area contributed by atoms with Crippen molar-refractivity contribution >= 4 is 39.4 Å². The molecule has 3 nitrogen and oxygen atoms in total. The summed E-state index contributed by atoms with van der Waals surface area (Å²) in [5.74, 6) is -0.0136. The zero-order valence-corrected chi connectivity index (χ0v) is 11.6. The molecule has 1 rings (SSSR count). The molecule has 0 bridgehead atoms. The topological polar surface area (TPSA) is 41.5 Å². The van der Waals surface area contributed by atoms with E-state index in [-0.39, 0.29) is 5.91 Å². The summed E-state index contributed by atoms with van der Waals surface area (Å²) in [6, 6.07) is 3.90. The van der Waals surface area contributed by atoms with Crippen molar-refractivity contribution in [2.24, 2.45) is 5.10 Å². The average Bonchev–Trinajstić information content (AvgIpc) is 2.65. The lowest BCUT2D eigenvalue weighted by molar-refractivity contribution is -0.121. The highest BCUT2D eigenvalue weighted by atomic mass is 79.9. The standard InChI is InChI=1S/C11H15BrN2OS/c1-2-3-4-5-11(15)14-13-8-9-6-7-10(12)16-9/h6-8H,2-5H2,1H3,(H,14,15)/b13-8+. The van der Waals surface area contributed by atoms with Crippen LogP contribution in [0.4, 0.5) is 0 Å². The van der Waals surface area contributed by atoms with Crippen LogP contribution >= 0.6 is 27.3 Å². The first-order valence-electron chi connectivity index (χ1n) is 5.29. The number of thiophene rings is 1.